The minimum atomic E-state index is -0.0948. The van der Waals surface area contributed by atoms with Crippen LogP contribution < -0.4 is 10.1 Å². The van der Waals surface area contributed by atoms with Crippen molar-refractivity contribution >= 4 is 33.8 Å². The Bertz CT molecular complexity index is 926. The van der Waals surface area contributed by atoms with Crippen molar-refractivity contribution in [2.75, 3.05) is 31.7 Å². The molecule has 0 radical (unpaired) electrons. The molecule has 1 aromatic carbocycles. The van der Waals surface area contributed by atoms with Crippen LogP contribution in [-0.4, -0.2) is 47.4 Å². The van der Waals surface area contributed by atoms with E-state index in [0.717, 1.165) is 21.5 Å². The van der Waals surface area contributed by atoms with Gasteiger partial charge in [0.2, 0.25) is 5.91 Å². The number of benzene rings is 1. The van der Waals surface area contributed by atoms with Crippen LogP contribution in [0.25, 0.3) is 21.5 Å². The molecule has 0 spiro atoms. The first-order valence-electron chi connectivity index (χ1n) is 8.20. The second-order valence-electron chi connectivity index (χ2n) is 5.90. The first-order valence-corrected chi connectivity index (χ1v) is 9.08. The smallest absolute Gasteiger partial charge is 0.232 e. The molecule has 0 bridgehead atoms. The average molecular weight is 371 g/mol. The highest BCUT2D eigenvalue weighted by molar-refractivity contribution is 7.13. The summed E-state index contributed by atoms with van der Waals surface area (Å²) in [7, 11) is 0. The summed E-state index contributed by atoms with van der Waals surface area (Å²) in [6.07, 6.45) is 1.75. The van der Waals surface area contributed by atoms with Gasteiger partial charge in [-0.3, -0.25) is 9.78 Å². The number of thiazole rings is 1. The number of nitrogens with zero attached hydrogens (tertiary/aromatic N) is 2. The molecule has 0 unspecified atom stereocenters. The van der Waals surface area contributed by atoms with Crippen LogP contribution in [0, 0.1) is 5.92 Å². The minimum Gasteiger partial charge on any atom is -0.490 e. The number of amides is 1. The summed E-state index contributed by atoms with van der Waals surface area (Å²) in [6.45, 7) is 1.02. The van der Waals surface area contributed by atoms with Gasteiger partial charge in [-0.25, -0.2) is 4.98 Å². The van der Waals surface area contributed by atoms with Gasteiger partial charge in [-0.2, -0.15) is 0 Å². The molecule has 1 amide bonds. The van der Waals surface area contributed by atoms with Crippen molar-refractivity contribution in [3.63, 3.8) is 0 Å². The van der Waals surface area contributed by atoms with E-state index < -0.39 is 0 Å². The van der Waals surface area contributed by atoms with E-state index in [0.29, 0.717) is 24.7 Å². The maximum absolute atomic E-state index is 12.1. The van der Waals surface area contributed by atoms with Crippen LogP contribution in [-0.2, 0) is 9.53 Å². The summed E-state index contributed by atoms with van der Waals surface area (Å²) in [5, 5.41) is 12.8. The lowest BCUT2D eigenvalue weighted by molar-refractivity contribution is -0.133. The summed E-state index contributed by atoms with van der Waals surface area (Å²) in [4.78, 5) is 21.8. The predicted molar refractivity (Wildman–Crippen MR) is 98.4 cm³/mol. The lowest BCUT2D eigenvalue weighted by Crippen LogP contribution is -2.38. The van der Waals surface area contributed by atoms with Gasteiger partial charge in [0.1, 0.15) is 12.4 Å². The molecule has 0 atom stereocenters. The second kappa shape index (κ2) is 7.36. The average Bonchev–Trinajstić information content (AvgIpc) is 3.12. The van der Waals surface area contributed by atoms with Gasteiger partial charge in [0, 0.05) is 23.3 Å². The Morgan fingerprint density at radius 2 is 2.27 bits per heavy atom. The largest absolute Gasteiger partial charge is 0.490 e. The predicted octanol–water partition coefficient (Wildman–Crippen LogP) is 2.31. The summed E-state index contributed by atoms with van der Waals surface area (Å²) in [5.41, 5.74) is 3.93. The third-order valence-corrected chi connectivity index (χ3v) is 4.88. The van der Waals surface area contributed by atoms with Gasteiger partial charge in [0.05, 0.1) is 47.3 Å². The summed E-state index contributed by atoms with van der Waals surface area (Å²) in [5.74, 6) is 0.459. The Hall–Kier alpha value is -2.55. The molecule has 2 aromatic heterocycles. The zero-order chi connectivity index (χ0) is 17.9. The van der Waals surface area contributed by atoms with E-state index in [1.807, 2.05) is 24.3 Å². The standard InChI is InChI=1S/C18H17N3O4S/c22-3-4-25-16-6-15(17-7-19-10-26-17)21-14-2-1-12(5-13(14)16)20-18(23)11-8-24-9-11/h1-2,5-7,10-11,22H,3-4,8-9H2,(H,20,23). The van der Waals surface area contributed by atoms with Crippen molar-refractivity contribution in [3.05, 3.63) is 36.0 Å². The number of fused-ring (bicyclic) bond motifs is 1. The van der Waals surface area contributed by atoms with Crippen molar-refractivity contribution in [1.82, 2.24) is 9.97 Å². The van der Waals surface area contributed by atoms with Gasteiger partial charge in [-0.05, 0) is 18.2 Å². The highest BCUT2D eigenvalue weighted by atomic mass is 32.1. The number of rotatable bonds is 6. The molecule has 1 fully saturated rings. The molecule has 1 saturated heterocycles. The topological polar surface area (TPSA) is 93.6 Å². The van der Waals surface area contributed by atoms with Gasteiger partial charge in [-0.15, -0.1) is 11.3 Å². The van der Waals surface area contributed by atoms with Crippen LogP contribution in [0.1, 0.15) is 0 Å². The van der Waals surface area contributed by atoms with E-state index in [-0.39, 0.29) is 25.0 Å². The fraction of sp³-hybridized carbons (Fsp3) is 0.278. The lowest BCUT2D eigenvalue weighted by Gasteiger charge is -2.24. The van der Waals surface area contributed by atoms with Gasteiger partial charge in [-0.1, -0.05) is 0 Å². The molecule has 3 heterocycles. The molecule has 7 nitrogen and oxygen atoms in total. The number of nitrogens with one attached hydrogen (secondary N) is 1. The maximum atomic E-state index is 12.1. The Balaban J connectivity index is 1.70. The Kier molecular flexibility index (Phi) is 4.79. The van der Waals surface area contributed by atoms with Gasteiger partial charge < -0.3 is 19.9 Å². The maximum Gasteiger partial charge on any atom is 0.232 e. The molecule has 3 aromatic rings. The molecular formula is C18H17N3O4S. The van der Waals surface area contributed by atoms with Crippen LogP contribution >= 0.6 is 11.3 Å². The summed E-state index contributed by atoms with van der Waals surface area (Å²) < 4.78 is 10.8. The third kappa shape index (κ3) is 3.39. The molecule has 0 saturated carbocycles. The van der Waals surface area contributed by atoms with Crippen molar-refractivity contribution in [2.45, 2.75) is 0 Å². The quantitative estimate of drug-likeness (QED) is 0.691. The van der Waals surface area contributed by atoms with Crippen LogP contribution in [0.3, 0.4) is 0 Å². The summed E-state index contributed by atoms with van der Waals surface area (Å²) in [6, 6.07) is 7.33. The van der Waals surface area contributed by atoms with Crippen molar-refractivity contribution in [1.29, 1.82) is 0 Å². The number of carbonyl (C=O) groups is 1. The third-order valence-electron chi connectivity index (χ3n) is 4.08. The molecule has 1 aliphatic rings. The SMILES string of the molecule is O=C(Nc1ccc2nc(-c3cncs3)cc(OCCO)c2c1)C1COC1. The molecule has 134 valence electrons. The highest BCUT2D eigenvalue weighted by Crippen LogP contribution is 2.33. The number of carbonyl (C=O) groups excluding carboxylic acids is 1. The van der Waals surface area contributed by atoms with E-state index in [2.05, 4.69) is 15.3 Å². The monoisotopic (exact) mass is 371 g/mol. The highest BCUT2D eigenvalue weighted by Gasteiger charge is 2.26. The Morgan fingerprint density at radius 1 is 1.38 bits per heavy atom. The number of hydrogen-bond donors (Lipinski definition) is 2. The molecule has 4 rings (SSSR count). The molecular weight excluding hydrogens is 354 g/mol. The first kappa shape index (κ1) is 16.9. The van der Waals surface area contributed by atoms with E-state index in [4.69, 9.17) is 14.6 Å². The van der Waals surface area contributed by atoms with Gasteiger partial charge >= 0.3 is 0 Å². The van der Waals surface area contributed by atoms with E-state index >= 15 is 0 Å². The van der Waals surface area contributed by atoms with Crippen molar-refractivity contribution in [3.8, 4) is 16.3 Å². The van der Waals surface area contributed by atoms with Gasteiger partial charge in [0.15, 0.2) is 0 Å². The molecule has 0 aliphatic carbocycles. The molecule has 8 heteroatoms. The Morgan fingerprint density at radius 3 is 2.96 bits per heavy atom. The number of anilines is 1. The zero-order valence-corrected chi connectivity index (χ0v) is 14.7. The van der Waals surface area contributed by atoms with E-state index in [1.54, 1.807) is 11.7 Å². The number of hydrogen-bond acceptors (Lipinski definition) is 7. The number of aliphatic hydroxyl groups excluding tert-OH is 1. The molecule has 2 N–H and O–H groups in total. The van der Waals surface area contributed by atoms with E-state index in [1.165, 1.54) is 11.3 Å². The fourth-order valence-electron chi connectivity index (χ4n) is 2.65. The zero-order valence-electron chi connectivity index (χ0n) is 13.8. The second-order valence-corrected chi connectivity index (χ2v) is 6.79. The van der Waals surface area contributed by atoms with Crippen LogP contribution in [0.4, 0.5) is 5.69 Å². The Labute approximate surface area is 153 Å². The number of aromatic nitrogens is 2. The summed E-state index contributed by atoms with van der Waals surface area (Å²) >= 11 is 1.49. The number of aliphatic hydroxyl groups is 1. The van der Waals surface area contributed by atoms with Gasteiger partial charge in [0.25, 0.3) is 0 Å². The first-order chi connectivity index (χ1) is 12.7. The fourth-order valence-corrected chi connectivity index (χ4v) is 3.23. The molecule has 1 aliphatic heterocycles. The van der Waals surface area contributed by atoms with Crippen molar-refractivity contribution < 1.29 is 19.4 Å². The van der Waals surface area contributed by atoms with E-state index in [9.17, 15) is 4.79 Å². The lowest BCUT2D eigenvalue weighted by atomic mass is 10.1. The number of ether oxygens (including phenoxy) is 2. The minimum absolute atomic E-state index is 0.0531. The van der Waals surface area contributed by atoms with Crippen molar-refractivity contribution in [2.24, 2.45) is 5.92 Å². The van der Waals surface area contributed by atoms with Crippen LogP contribution in [0.15, 0.2) is 36.0 Å². The van der Waals surface area contributed by atoms with Crippen LogP contribution in [0.5, 0.6) is 5.75 Å². The number of pyridine rings is 1. The molecule has 26 heavy (non-hydrogen) atoms. The van der Waals surface area contributed by atoms with Crippen LogP contribution in [0.2, 0.25) is 0 Å². The normalized spacial score (nSPS) is 14.2.